The van der Waals surface area contributed by atoms with Crippen molar-refractivity contribution in [2.45, 2.75) is 12.3 Å². The van der Waals surface area contributed by atoms with Gasteiger partial charge in [-0.05, 0) is 28.1 Å². The van der Waals surface area contributed by atoms with Gasteiger partial charge in [-0.25, -0.2) is 13.2 Å². The number of benzene rings is 1. The molecular formula is C10H9Br2F3O. The van der Waals surface area contributed by atoms with E-state index < -0.39 is 11.7 Å². The summed E-state index contributed by atoms with van der Waals surface area (Å²) in [4.78, 5) is 0. The van der Waals surface area contributed by atoms with Gasteiger partial charge in [-0.2, -0.15) is 0 Å². The zero-order chi connectivity index (χ0) is 12.3. The molecule has 2 rings (SSSR count). The Labute approximate surface area is 108 Å². The number of phenolic OH excluding ortho intramolecular Hbond substituents is 1. The van der Waals surface area contributed by atoms with E-state index in [0.717, 1.165) is 6.07 Å². The second-order valence-electron chi connectivity index (χ2n) is 3.41. The number of halogens is 5. The van der Waals surface area contributed by atoms with E-state index in [1.165, 1.54) is 12.1 Å². The van der Waals surface area contributed by atoms with Crippen molar-refractivity contribution in [3.63, 3.8) is 0 Å². The molecule has 1 aromatic rings. The lowest BCUT2D eigenvalue weighted by Crippen LogP contribution is -1.92. The van der Waals surface area contributed by atoms with E-state index in [1.54, 1.807) is 0 Å². The molecule has 0 heterocycles. The first-order valence-electron chi connectivity index (χ1n) is 4.44. The molecule has 0 aliphatic heterocycles. The number of hydrogen-bond acceptors (Lipinski definition) is 1. The van der Waals surface area contributed by atoms with E-state index in [4.69, 9.17) is 5.11 Å². The van der Waals surface area contributed by atoms with E-state index >= 15 is 0 Å². The van der Waals surface area contributed by atoms with Crippen molar-refractivity contribution < 1.29 is 18.3 Å². The van der Waals surface area contributed by atoms with E-state index in [-0.39, 0.29) is 18.1 Å². The van der Waals surface area contributed by atoms with Crippen molar-refractivity contribution in [2.75, 3.05) is 5.33 Å². The molecule has 1 nitrogen and oxygen atoms in total. The topological polar surface area (TPSA) is 20.2 Å². The van der Waals surface area contributed by atoms with E-state index in [2.05, 4.69) is 31.9 Å². The summed E-state index contributed by atoms with van der Waals surface area (Å²) >= 11 is 5.92. The second-order valence-corrected chi connectivity index (χ2v) is 4.92. The Morgan fingerprint density at radius 1 is 1.44 bits per heavy atom. The summed E-state index contributed by atoms with van der Waals surface area (Å²) in [7, 11) is 0. The highest BCUT2D eigenvalue weighted by Gasteiger charge is 2.55. The largest absolute Gasteiger partial charge is 0.508 e. The number of aromatic hydroxyl groups is 1. The molecule has 1 saturated carbocycles. The summed E-state index contributed by atoms with van der Waals surface area (Å²) in [6.45, 7) is 0. The number of rotatable bonds is 1. The molecule has 1 aliphatic carbocycles. The highest BCUT2D eigenvalue weighted by molar-refractivity contribution is 9.10. The quantitative estimate of drug-likeness (QED) is 0.738. The Hall–Kier alpha value is -0.230. The molecule has 1 aliphatic rings. The molecule has 1 N–H and O–H groups in total. The average molecular weight is 362 g/mol. The van der Waals surface area contributed by atoms with Crippen LogP contribution < -0.4 is 0 Å². The van der Waals surface area contributed by atoms with Gasteiger partial charge in [-0.3, -0.25) is 0 Å². The van der Waals surface area contributed by atoms with Crippen LogP contribution >= 0.6 is 31.9 Å². The lowest BCUT2D eigenvalue weighted by Gasteiger charge is -1.92. The molecule has 1 aromatic carbocycles. The standard InChI is InChI=1S/C6H4BrFO.C4H5BrF2/c7-5-2-1-4(9)3-6(5)8;5-2-3-1-4(3,6)7/h1-3,9H;3H,1-2H2. The molecule has 0 spiro atoms. The normalized spacial score (nSPS) is 20.9. The predicted octanol–water partition coefficient (Wildman–Crippen LogP) is 4.33. The van der Waals surface area contributed by atoms with Gasteiger partial charge in [0.05, 0.1) is 4.47 Å². The zero-order valence-electron chi connectivity index (χ0n) is 8.06. The highest BCUT2D eigenvalue weighted by atomic mass is 79.9. The zero-order valence-corrected chi connectivity index (χ0v) is 11.2. The Bertz CT molecular complexity index is 371. The lowest BCUT2D eigenvalue weighted by molar-refractivity contribution is 0.103. The van der Waals surface area contributed by atoms with Crippen LogP contribution in [0.25, 0.3) is 0 Å². The maximum absolute atomic E-state index is 12.4. The Morgan fingerprint density at radius 2 is 2.00 bits per heavy atom. The van der Waals surface area contributed by atoms with Gasteiger partial charge in [-0.1, -0.05) is 15.9 Å². The van der Waals surface area contributed by atoms with Gasteiger partial charge >= 0.3 is 0 Å². The molecular weight excluding hydrogens is 353 g/mol. The summed E-state index contributed by atoms with van der Waals surface area (Å²) in [5.74, 6) is -3.21. The Kier molecular flexibility index (Phi) is 4.67. The van der Waals surface area contributed by atoms with Crippen molar-refractivity contribution >= 4 is 31.9 Å². The summed E-state index contributed by atoms with van der Waals surface area (Å²) in [5, 5.41) is 9.12. The number of alkyl halides is 3. The molecule has 6 heteroatoms. The molecule has 1 atom stereocenters. The molecule has 1 fully saturated rings. The van der Waals surface area contributed by atoms with Crippen LogP contribution in [0.2, 0.25) is 0 Å². The Balaban J connectivity index is 0.000000165. The van der Waals surface area contributed by atoms with E-state index in [1.807, 2.05) is 0 Å². The molecule has 0 radical (unpaired) electrons. The summed E-state index contributed by atoms with van der Waals surface area (Å²) < 4.78 is 36.3. The highest BCUT2D eigenvalue weighted by Crippen LogP contribution is 2.49. The predicted molar refractivity (Wildman–Crippen MR) is 62.6 cm³/mol. The minimum Gasteiger partial charge on any atom is -0.508 e. The first-order chi connectivity index (χ1) is 7.36. The molecule has 0 amide bonds. The van der Waals surface area contributed by atoms with Gasteiger partial charge < -0.3 is 5.11 Å². The summed E-state index contributed by atoms with van der Waals surface area (Å²) in [6.07, 6.45) is 0.0816. The number of hydrogen-bond donors (Lipinski definition) is 1. The van der Waals surface area contributed by atoms with Crippen molar-refractivity contribution in [3.8, 4) is 5.75 Å². The average Bonchev–Trinajstić information content (AvgIpc) is 2.82. The van der Waals surface area contributed by atoms with Gasteiger partial charge in [-0.15, -0.1) is 0 Å². The molecule has 16 heavy (non-hydrogen) atoms. The summed E-state index contributed by atoms with van der Waals surface area (Å²) in [5.41, 5.74) is 0. The van der Waals surface area contributed by atoms with Gasteiger partial charge in [0, 0.05) is 23.7 Å². The molecule has 90 valence electrons. The monoisotopic (exact) mass is 360 g/mol. The van der Waals surface area contributed by atoms with Crippen LogP contribution in [0.1, 0.15) is 6.42 Å². The van der Waals surface area contributed by atoms with Crippen molar-refractivity contribution in [1.29, 1.82) is 0 Å². The van der Waals surface area contributed by atoms with Crippen LogP contribution in [0.15, 0.2) is 22.7 Å². The maximum atomic E-state index is 12.4. The molecule has 0 saturated heterocycles. The van der Waals surface area contributed by atoms with Crippen molar-refractivity contribution in [3.05, 3.63) is 28.5 Å². The second kappa shape index (κ2) is 5.40. The Morgan fingerprint density at radius 3 is 2.25 bits per heavy atom. The van der Waals surface area contributed by atoms with E-state index in [9.17, 15) is 13.2 Å². The van der Waals surface area contributed by atoms with Gasteiger partial charge in [0.2, 0.25) is 0 Å². The fraction of sp³-hybridized carbons (Fsp3) is 0.400. The smallest absolute Gasteiger partial charge is 0.252 e. The van der Waals surface area contributed by atoms with Crippen LogP contribution in [-0.4, -0.2) is 16.4 Å². The first-order valence-corrected chi connectivity index (χ1v) is 6.36. The van der Waals surface area contributed by atoms with Crippen LogP contribution in [-0.2, 0) is 0 Å². The SMILES string of the molecule is FC1(F)CC1CBr.Oc1ccc(Br)c(F)c1. The third-order valence-corrected chi connectivity index (χ3v) is 3.47. The third-order valence-electron chi connectivity index (χ3n) is 2.05. The molecule has 0 bridgehead atoms. The molecule has 1 unspecified atom stereocenters. The van der Waals surface area contributed by atoms with E-state index in [0.29, 0.717) is 9.80 Å². The van der Waals surface area contributed by atoms with Crippen LogP contribution in [0.3, 0.4) is 0 Å². The fourth-order valence-electron chi connectivity index (χ4n) is 0.922. The van der Waals surface area contributed by atoms with Gasteiger partial charge in [0.1, 0.15) is 11.6 Å². The van der Waals surface area contributed by atoms with Gasteiger partial charge in [0.25, 0.3) is 5.92 Å². The van der Waals surface area contributed by atoms with Crippen LogP contribution in [0.4, 0.5) is 13.2 Å². The molecule has 0 aromatic heterocycles. The van der Waals surface area contributed by atoms with Crippen LogP contribution in [0.5, 0.6) is 5.75 Å². The number of phenols is 1. The van der Waals surface area contributed by atoms with Crippen molar-refractivity contribution in [2.24, 2.45) is 5.92 Å². The van der Waals surface area contributed by atoms with Gasteiger partial charge in [0.15, 0.2) is 0 Å². The minimum absolute atomic E-state index is 0.0595. The fourth-order valence-corrected chi connectivity index (χ4v) is 1.87. The first kappa shape index (κ1) is 13.8. The summed E-state index contributed by atoms with van der Waals surface area (Å²) in [6, 6.07) is 3.90. The third kappa shape index (κ3) is 3.97. The van der Waals surface area contributed by atoms with Crippen molar-refractivity contribution in [1.82, 2.24) is 0 Å². The maximum Gasteiger partial charge on any atom is 0.252 e. The minimum atomic E-state index is -2.33. The lowest BCUT2D eigenvalue weighted by atomic mass is 10.3. The van der Waals surface area contributed by atoms with Crippen LogP contribution in [0, 0.1) is 11.7 Å².